The fourth-order valence-electron chi connectivity index (χ4n) is 2.09. The fraction of sp³-hybridized carbons (Fsp3) is 0.500. The summed E-state index contributed by atoms with van der Waals surface area (Å²) in [5.74, 6) is -0.277. The minimum atomic E-state index is -0.277. The molecule has 0 bridgehead atoms. The number of nitrogens with zero attached hydrogens (tertiary/aromatic N) is 4. The Bertz CT molecular complexity index is 421. The van der Waals surface area contributed by atoms with Crippen molar-refractivity contribution >= 4 is 0 Å². The minimum Gasteiger partial charge on any atom is -0.314 e. The molecule has 0 radical (unpaired) electrons. The zero-order valence-corrected chi connectivity index (χ0v) is 10.1. The molecule has 1 aliphatic heterocycles. The van der Waals surface area contributed by atoms with Crippen molar-refractivity contribution < 1.29 is 4.39 Å². The van der Waals surface area contributed by atoms with Gasteiger partial charge >= 0.3 is 0 Å². The molecule has 1 aromatic carbocycles. The topological polar surface area (TPSA) is 64.0 Å². The third-order valence-electron chi connectivity index (χ3n) is 3.09. The van der Waals surface area contributed by atoms with Gasteiger partial charge in [-0.2, -0.15) is 0 Å². The molecule has 5 nitrogen and oxygen atoms in total. The van der Waals surface area contributed by atoms with Crippen molar-refractivity contribution in [3.05, 3.63) is 46.1 Å². The number of azide groups is 1. The van der Waals surface area contributed by atoms with Gasteiger partial charge in [-0.1, -0.05) is 17.2 Å². The zero-order chi connectivity index (χ0) is 12.8. The average molecular weight is 249 g/mol. The van der Waals surface area contributed by atoms with Crippen LogP contribution in [-0.4, -0.2) is 37.6 Å². The summed E-state index contributed by atoms with van der Waals surface area (Å²) in [5, 5.41) is 7.09. The lowest BCUT2D eigenvalue weighted by Crippen LogP contribution is -2.44. The molecular weight excluding hydrogens is 233 g/mol. The zero-order valence-electron chi connectivity index (χ0n) is 10.1. The summed E-state index contributed by atoms with van der Waals surface area (Å²) in [6, 6.07) is 5.89. The summed E-state index contributed by atoms with van der Waals surface area (Å²) in [6.45, 7) is 4.47. The summed E-state index contributed by atoms with van der Waals surface area (Å²) in [7, 11) is 0. The summed E-state index contributed by atoms with van der Waals surface area (Å²) >= 11 is 0. The van der Waals surface area contributed by atoms with Crippen LogP contribution in [0.1, 0.15) is 11.6 Å². The molecule has 1 unspecified atom stereocenters. The largest absolute Gasteiger partial charge is 0.314 e. The van der Waals surface area contributed by atoms with E-state index in [1.807, 2.05) is 0 Å². The number of halogens is 1. The number of rotatable bonds is 4. The number of piperazine rings is 1. The Kier molecular flexibility index (Phi) is 4.52. The van der Waals surface area contributed by atoms with Crippen molar-refractivity contribution in [3.8, 4) is 0 Å². The van der Waals surface area contributed by atoms with Crippen LogP contribution in [0.2, 0.25) is 0 Å². The van der Waals surface area contributed by atoms with E-state index < -0.39 is 0 Å². The van der Waals surface area contributed by atoms with E-state index in [0.29, 0.717) is 6.54 Å². The van der Waals surface area contributed by atoms with Crippen LogP contribution in [-0.2, 0) is 0 Å². The summed E-state index contributed by atoms with van der Waals surface area (Å²) in [4.78, 5) is 5.14. The normalized spacial score (nSPS) is 18.1. The summed E-state index contributed by atoms with van der Waals surface area (Å²) in [6.07, 6.45) is 0. The van der Waals surface area contributed by atoms with Crippen LogP contribution < -0.4 is 5.32 Å². The van der Waals surface area contributed by atoms with Crippen molar-refractivity contribution in [2.75, 3.05) is 32.7 Å². The predicted octanol–water partition coefficient (Wildman–Crippen LogP) is 2.08. The first-order chi connectivity index (χ1) is 8.79. The molecule has 2 rings (SSSR count). The van der Waals surface area contributed by atoms with E-state index in [4.69, 9.17) is 5.53 Å². The van der Waals surface area contributed by atoms with Crippen molar-refractivity contribution in [2.45, 2.75) is 6.04 Å². The highest BCUT2D eigenvalue weighted by molar-refractivity contribution is 5.20. The van der Waals surface area contributed by atoms with Gasteiger partial charge in [-0.15, -0.1) is 0 Å². The molecule has 0 aromatic heterocycles. The maximum absolute atomic E-state index is 12.9. The van der Waals surface area contributed by atoms with Crippen LogP contribution in [0.3, 0.4) is 0 Å². The average Bonchev–Trinajstić information content (AvgIpc) is 2.40. The molecule has 6 heteroatoms. The van der Waals surface area contributed by atoms with Crippen molar-refractivity contribution in [2.24, 2.45) is 5.11 Å². The molecule has 0 spiro atoms. The van der Waals surface area contributed by atoms with Gasteiger partial charge in [0.25, 0.3) is 0 Å². The highest BCUT2D eigenvalue weighted by Crippen LogP contribution is 2.19. The van der Waals surface area contributed by atoms with Crippen LogP contribution in [0.4, 0.5) is 4.39 Å². The Morgan fingerprint density at radius 3 is 2.61 bits per heavy atom. The number of benzene rings is 1. The van der Waals surface area contributed by atoms with Gasteiger partial charge in [-0.05, 0) is 23.2 Å². The Balaban J connectivity index is 2.07. The highest BCUT2D eigenvalue weighted by Gasteiger charge is 2.16. The van der Waals surface area contributed by atoms with Gasteiger partial charge in [0.1, 0.15) is 5.82 Å². The van der Waals surface area contributed by atoms with E-state index >= 15 is 0 Å². The lowest BCUT2D eigenvalue weighted by Gasteiger charge is -2.29. The van der Waals surface area contributed by atoms with Gasteiger partial charge in [0.15, 0.2) is 0 Å². The van der Waals surface area contributed by atoms with Gasteiger partial charge in [0, 0.05) is 37.6 Å². The highest BCUT2D eigenvalue weighted by atomic mass is 19.1. The van der Waals surface area contributed by atoms with Crippen LogP contribution in [0.15, 0.2) is 29.4 Å². The molecule has 96 valence electrons. The van der Waals surface area contributed by atoms with E-state index in [0.717, 1.165) is 31.7 Å². The Labute approximate surface area is 105 Å². The van der Waals surface area contributed by atoms with Gasteiger partial charge in [0.2, 0.25) is 0 Å². The van der Waals surface area contributed by atoms with Crippen molar-refractivity contribution in [1.29, 1.82) is 0 Å². The molecular formula is C12H16FN5. The van der Waals surface area contributed by atoms with Gasteiger partial charge in [-0.3, -0.25) is 0 Å². The predicted molar refractivity (Wildman–Crippen MR) is 67.6 cm³/mol. The molecule has 1 saturated heterocycles. The van der Waals surface area contributed by atoms with E-state index in [1.165, 1.54) is 12.1 Å². The molecule has 0 saturated carbocycles. The molecule has 1 heterocycles. The Hall–Kier alpha value is -1.62. The molecule has 1 aromatic rings. The third kappa shape index (κ3) is 3.43. The second-order valence-electron chi connectivity index (χ2n) is 4.32. The number of hydrogen-bond donors (Lipinski definition) is 1. The van der Waals surface area contributed by atoms with Gasteiger partial charge in [0.05, 0.1) is 6.04 Å². The van der Waals surface area contributed by atoms with Crippen LogP contribution in [0.25, 0.3) is 10.4 Å². The van der Waals surface area contributed by atoms with E-state index in [9.17, 15) is 4.39 Å². The summed E-state index contributed by atoms with van der Waals surface area (Å²) in [5.41, 5.74) is 9.49. The van der Waals surface area contributed by atoms with Crippen LogP contribution >= 0.6 is 0 Å². The first-order valence-electron chi connectivity index (χ1n) is 6.02. The van der Waals surface area contributed by atoms with E-state index in [1.54, 1.807) is 12.1 Å². The number of hydrogen-bond acceptors (Lipinski definition) is 3. The van der Waals surface area contributed by atoms with Crippen molar-refractivity contribution in [1.82, 2.24) is 10.2 Å². The maximum atomic E-state index is 12.9. The van der Waals surface area contributed by atoms with E-state index in [-0.39, 0.29) is 11.9 Å². The summed E-state index contributed by atoms with van der Waals surface area (Å²) < 4.78 is 12.9. The first kappa shape index (κ1) is 12.8. The SMILES string of the molecule is [N-]=[N+]=NC(CN1CCNCC1)c1ccc(F)cc1. The molecule has 1 N–H and O–H groups in total. The van der Waals surface area contributed by atoms with Crippen molar-refractivity contribution in [3.63, 3.8) is 0 Å². The lowest BCUT2D eigenvalue weighted by molar-refractivity contribution is 0.228. The van der Waals surface area contributed by atoms with Gasteiger partial charge in [-0.25, -0.2) is 4.39 Å². The molecule has 0 aliphatic carbocycles. The van der Waals surface area contributed by atoms with Crippen LogP contribution in [0, 0.1) is 5.82 Å². The monoisotopic (exact) mass is 249 g/mol. The fourth-order valence-corrected chi connectivity index (χ4v) is 2.09. The molecule has 1 fully saturated rings. The second kappa shape index (κ2) is 6.35. The molecule has 1 atom stereocenters. The quantitative estimate of drug-likeness (QED) is 0.504. The smallest absolute Gasteiger partial charge is 0.123 e. The molecule has 0 amide bonds. The standard InChI is InChI=1S/C12H16FN5/c13-11-3-1-10(2-4-11)12(16-17-14)9-18-7-5-15-6-8-18/h1-4,12,15H,5-9H2. The second-order valence-corrected chi connectivity index (χ2v) is 4.32. The van der Waals surface area contributed by atoms with Gasteiger partial charge < -0.3 is 10.2 Å². The minimum absolute atomic E-state index is 0.256. The number of nitrogens with one attached hydrogen (secondary N) is 1. The Morgan fingerprint density at radius 2 is 2.00 bits per heavy atom. The maximum Gasteiger partial charge on any atom is 0.123 e. The third-order valence-corrected chi connectivity index (χ3v) is 3.09. The lowest BCUT2D eigenvalue weighted by atomic mass is 10.1. The first-order valence-corrected chi connectivity index (χ1v) is 6.02. The Morgan fingerprint density at radius 1 is 1.33 bits per heavy atom. The molecule has 1 aliphatic rings. The van der Waals surface area contributed by atoms with Crippen LogP contribution in [0.5, 0.6) is 0 Å². The molecule has 18 heavy (non-hydrogen) atoms. The van der Waals surface area contributed by atoms with E-state index in [2.05, 4.69) is 20.2 Å².